The summed E-state index contributed by atoms with van der Waals surface area (Å²) in [6, 6.07) is 7.92. The van der Waals surface area contributed by atoms with E-state index >= 15 is 0 Å². The van der Waals surface area contributed by atoms with Crippen molar-refractivity contribution in [3.63, 3.8) is 0 Å². The van der Waals surface area contributed by atoms with Crippen LogP contribution in [0.25, 0.3) is 11.0 Å². The molecular weight excluding hydrogens is 176 g/mol. The van der Waals surface area contributed by atoms with Gasteiger partial charge in [0.05, 0.1) is 4.90 Å². The van der Waals surface area contributed by atoms with Crippen LogP contribution in [0.4, 0.5) is 0 Å². The summed E-state index contributed by atoms with van der Waals surface area (Å²) in [6.45, 7) is 0. The van der Waals surface area contributed by atoms with E-state index in [1.165, 1.54) is 10.8 Å². The Kier molecular flexibility index (Phi) is 1.84. The van der Waals surface area contributed by atoms with Gasteiger partial charge < -0.3 is 4.42 Å². The molecule has 2 rings (SSSR count). The molecule has 0 aliphatic carbocycles. The smallest absolute Gasteiger partial charge is 0.135 e. The number of hydrogen-bond acceptors (Lipinski definition) is 3. The van der Waals surface area contributed by atoms with E-state index < -0.39 is 0 Å². The van der Waals surface area contributed by atoms with Crippen molar-refractivity contribution in [1.29, 1.82) is 0 Å². The summed E-state index contributed by atoms with van der Waals surface area (Å²) in [5.41, 5.74) is 0.920. The average molecular weight is 182 g/mol. The molecule has 0 aliphatic rings. The lowest BCUT2D eigenvalue weighted by atomic mass is 10.3. The normalized spacial score (nSPS) is 10.6. The van der Waals surface area contributed by atoms with Gasteiger partial charge in [-0.2, -0.15) is 0 Å². The zero-order chi connectivity index (χ0) is 7.68. The summed E-state index contributed by atoms with van der Waals surface area (Å²) < 4.78 is 5.27. The predicted molar refractivity (Wildman–Crippen MR) is 51.1 cm³/mol. The second-order valence-corrected chi connectivity index (χ2v) is 3.36. The molecule has 0 radical (unpaired) electrons. The maximum absolute atomic E-state index is 5.27. The Balaban J connectivity index is 2.76. The lowest BCUT2D eigenvalue weighted by Crippen LogP contribution is -1.62. The van der Waals surface area contributed by atoms with E-state index in [9.17, 15) is 0 Å². The predicted octanol–water partition coefficient (Wildman–Crippen LogP) is 3.37. The van der Waals surface area contributed by atoms with Crippen molar-refractivity contribution in [2.24, 2.45) is 0 Å². The number of para-hydroxylation sites is 1. The van der Waals surface area contributed by atoms with Crippen LogP contribution in [0.2, 0.25) is 0 Å². The van der Waals surface area contributed by atoms with Crippen LogP contribution in [0.3, 0.4) is 0 Å². The molecule has 0 amide bonds. The fourth-order valence-corrected chi connectivity index (χ4v) is 1.81. The van der Waals surface area contributed by atoms with Gasteiger partial charge in [-0.3, -0.25) is 0 Å². The van der Waals surface area contributed by atoms with Gasteiger partial charge in [0.2, 0.25) is 0 Å². The molecule has 0 aliphatic heterocycles. The van der Waals surface area contributed by atoms with Gasteiger partial charge in [-0.05, 0) is 12.1 Å². The van der Waals surface area contributed by atoms with Crippen LogP contribution in [0.5, 0.6) is 0 Å². The van der Waals surface area contributed by atoms with Crippen molar-refractivity contribution in [3.05, 3.63) is 30.5 Å². The second-order valence-electron chi connectivity index (χ2n) is 2.19. The third-order valence-corrected chi connectivity index (χ3v) is 2.65. The molecule has 56 valence electrons. The molecule has 0 spiro atoms. The largest absolute Gasteiger partial charge is 0.463 e. The molecule has 0 bridgehead atoms. The van der Waals surface area contributed by atoms with Crippen molar-refractivity contribution in [2.75, 3.05) is 0 Å². The number of benzene rings is 1. The van der Waals surface area contributed by atoms with Crippen LogP contribution in [-0.2, 0) is 0 Å². The van der Waals surface area contributed by atoms with Gasteiger partial charge in [0.1, 0.15) is 11.8 Å². The van der Waals surface area contributed by atoms with Crippen LogP contribution in [0.1, 0.15) is 0 Å². The first-order valence-corrected chi connectivity index (χ1v) is 5.06. The van der Waals surface area contributed by atoms with Gasteiger partial charge in [0, 0.05) is 5.39 Å². The fraction of sp³-hybridized carbons (Fsp3) is 0. The lowest BCUT2D eigenvalue weighted by Gasteiger charge is -1.87. The van der Waals surface area contributed by atoms with E-state index in [1.54, 1.807) is 6.26 Å². The molecule has 11 heavy (non-hydrogen) atoms. The Bertz CT molecular complexity index is 367. The van der Waals surface area contributed by atoms with E-state index in [2.05, 4.69) is 11.7 Å². The summed E-state index contributed by atoms with van der Waals surface area (Å²) in [6.07, 6.45) is 1.72. The van der Waals surface area contributed by atoms with Crippen LogP contribution >= 0.6 is 22.5 Å². The van der Waals surface area contributed by atoms with Gasteiger partial charge in [-0.15, -0.1) is 11.7 Å². The number of fused-ring (bicyclic) bond motifs is 1. The highest BCUT2D eigenvalue weighted by molar-refractivity contribution is 8.68. The first-order valence-electron chi connectivity index (χ1n) is 3.19. The molecule has 1 heterocycles. The molecule has 1 aromatic heterocycles. The fourth-order valence-electron chi connectivity index (χ4n) is 1.02. The Morgan fingerprint density at radius 2 is 2.09 bits per heavy atom. The molecular formula is C8H6OS2. The Hall–Kier alpha value is -0.540. The minimum absolute atomic E-state index is 0.920. The highest BCUT2D eigenvalue weighted by Gasteiger charge is 2.01. The van der Waals surface area contributed by atoms with E-state index in [0.29, 0.717) is 0 Å². The van der Waals surface area contributed by atoms with Crippen LogP contribution in [0, 0.1) is 0 Å². The molecule has 2 aromatic rings. The van der Waals surface area contributed by atoms with Crippen molar-refractivity contribution in [3.8, 4) is 0 Å². The van der Waals surface area contributed by atoms with Gasteiger partial charge in [0.25, 0.3) is 0 Å². The maximum atomic E-state index is 5.27. The molecule has 0 fully saturated rings. The summed E-state index contributed by atoms with van der Waals surface area (Å²) in [4.78, 5) is 1.07. The van der Waals surface area contributed by atoms with Crippen molar-refractivity contribution < 1.29 is 4.42 Å². The quantitative estimate of drug-likeness (QED) is 0.536. The summed E-state index contributed by atoms with van der Waals surface area (Å²) in [5, 5.41) is 1.13. The van der Waals surface area contributed by atoms with Crippen molar-refractivity contribution in [2.45, 2.75) is 4.90 Å². The lowest BCUT2D eigenvalue weighted by molar-refractivity contribution is 0.608. The molecule has 0 saturated carbocycles. The number of rotatable bonds is 1. The van der Waals surface area contributed by atoms with Crippen LogP contribution in [0.15, 0.2) is 39.8 Å². The summed E-state index contributed by atoms with van der Waals surface area (Å²) in [5.74, 6) is 0. The highest BCUT2D eigenvalue weighted by Crippen LogP contribution is 2.31. The van der Waals surface area contributed by atoms with Crippen LogP contribution < -0.4 is 0 Å². The third-order valence-electron chi connectivity index (χ3n) is 1.54. The SMILES string of the molecule is SSc1coc2ccccc12. The monoisotopic (exact) mass is 182 g/mol. The standard InChI is InChI=1S/C8H6OS2/c10-11-8-5-9-7-4-2-1-3-6(7)8/h1-5,10H. The Labute approximate surface area is 73.6 Å². The first-order chi connectivity index (χ1) is 5.42. The summed E-state index contributed by atoms with van der Waals surface area (Å²) >= 11 is 4.11. The molecule has 1 aromatic carbocycles. The third kappa shape index (κ3) is 1.14. The molecule has 0 unspecified atom stereocenters. The molecule has 1 nitrogen and oxygen atoms in total. The van der Waals surface area contributed by atoms with Gasteiger partial charge in [-0.25, -0.2) is 0 Å². The van der Waals surface area contributed by atoms with Crippen molar-refractivity contribution >= 4 is 33.4 Å². The average Bonchev–Trinajstić information content (AvgIpc) is 2.47. The number of thiol groups is 1. The van der Waals surface area contributed by atoms with Crippen LogP contribution in [-0.4, -0.2) is 0 Å². The molecule has 0 atom stereocenters. The molecule has 0 N–H and O–H groups in total. The van der Waals surface area contributed by atoms with E-state index in [1.807, 2.05) is 24.3 Å². The zero-order valence-electron chi connectivity index (χ0n) is 5.65. The Morgan fingerprint density at radius 1 is 1.27 bits per heavy atom. The number of hydrogen-bond donors (Lipinski definition) is 1. The van der Waals surface area contributed by atoms with Gasteiger partial charge in [0.15, 0.2) is 0 Å². The zero-order valence-corrected chi connectivity index (χ0v) is 7.36. The number of furan rings is 1. The Morgan fingerprint density at radius 3 is 2.91 bits per heavy atom. The minimum atomic E-state index is 0.920. The van der Waals surface area contributed by atoms with E-state index in [-0.39, 0.29) is 0 Å². The summed E-state index contributed by atoms with van der Waals surface area (Å²) in [7, 11) is 1.41. The van der Waals surface area contributed by atoms with Gasteiger partial charge >= 0.3 is 0 Å². The minimum Gasteiger partial charge on any atom is -0.463 e. The second kappa shape index (κ2) is 2.83. The van der Waals surface area contributed by atoms with E-state index in [0.717, 1.165) is 15.9 Å². The highest BCUT2D eigenvalue weighted by atomic mass is 33.1. The van der Waals surface area contributed by atoms with Gasteiger partial charge in [-0.1, -0.05) is 22.9 Å². The maximum Gasteiger partial charge on any atom is 0.135 e. The first kappa shape index (κ1) is 7.13. The molecule has 0 saturated heterocycles. The van der Waals surface area contributed by atoms with E-state index in [4.69, 9.17) is 4.42 Å². The van der Waals surface area contributed by atoms with Crippen molar-refractivity contribution in [1.82, 2.24) is 0 Å². The topological polar surface area (TPSA) is 13.1 Å². The molecule has 3 heteroatoms.